The molecular weight excluding hydrogens is 294 g/mol. The molecule has 0 radical (unpaired) electrons. The second-order valence-corrected chi connectivity index (χ2v) is 5.66. The number of anilines is 1. The van der Waals surface area contributed by atoms with Crippen LogP contribution in [0, 0.1) is 0 Å². The summed E-state index contributed by atoms with van der Waals surface area (Å²) >= 11 is 3.43. The Morgan fingerprint density at radius 1 is 1.50 bits per heavy atom. The Morgan fingerprint density at radius 3 is 2.78 bits per heavy atom. The fourth-order valence-corrected chi connectivity index (χ4v) is 2.49. The molecule has 18 heavy (non-hydrogen) atoms. The van der Waals surface area contributed by atoms with E-state index in [1.807, 2.05) is 6.07 Å². The lowest BCUT2D eigenvalue weighted by atomic mass is 10.1. The number of carboxylic acids is 1. The first-order valence-corrected chi connectivity index (χ1v) is 7.22. The molecule has 0 spiro atoms. The zero-order chi connectivity index (χ0) is 13.1. The predicted molar refractivity (Wildman–Crippen MR) is 76.4 cm³/mol. The van der Waals surface area contributed by atoms with Crippen molar-refractivity contribution in [1.82, 2.24) is 0 Å². The Kier molecular flexibility index (Phi) is 4.27. The van der Waals surface area contributed by atoms with E-state index in [1.54, 1.807) is 12.1 Å². The van der Waals surface area contributed by atoms with E-state index in [2.05, 4.69) is 27.8 Å². The van der Waals surface area contributed by atoms with Gasteiger partial charge in [-0.1, -0.05) is 29.3 Å². The Balaban J connectivity index is 2.32. The van der Waals surface area contributed by atoms with Crippen molar-refractivity contribution in [2.24, 2.45) is 0 Å². The fraction of sp³-hybridized carbons (Fsp3) is 0.500. The maximum Gasteiger partial charge on any atom is 0.337 e. The van der Waals surface area contributed by atoms with Gasteiger partial charge in [0, 0.05) is 17.1 Å². The third-order valence-corrected chi connectivity index (χ3v) is 3.73. The van der Waals surface area contributed by atoms with Gasteiger partial charge in [0.25, 0.3) is 0 Å². The van der Waals surface area contributed by atoms with Crippen molar-refractivity contribution >= 4 is 27.6 Å². The van der Waals surface area contributed by atoms with E-state index < -0.39 is 5.97 Å². The van der Waals surface area contributed by atoms with Crippen LogP contribution in [0.15, 0.2) is 22.7 Å². The molecule has 2 rings (SSSR count). The van der Waals surface area contributed by atoms with Crippen molar-refractivity contribution in [2.45, 2.75) is 38.6 Å². The van der Waals surface area contributed by atoms with Gasteiger partial charge in [-0.3, -0.25) is 0 Å². The average Bonchev–Trinajstić information content (AvgIpc) is 3.13. The number of hydrogen-bond acceptors (Lipinski definition) is 2. The van der Waals surface area contributed by atoms with Gasteiger partial charge in [-0.15, -0.1) is 0 Å². The molecule has 1 aromatic rings. The quantitative estimate of drug-likeness (QED) is 0.865. The maximum absolute atomic E-state index is 11.3. The highest BCUT2D eigenvalue weighted by atomic mass is 79.9. The van der Waals surface area contributed by atoms with Gasteiger partial charge in [0.2, 0.25) is 0 Å². The second-order valence-electron chi connectivity index (χ2n) is 4.74. The van der Waals surface area contributed by atoms with Crippen molar-refractivity contribution < 1.29 is 9.90 Å². The zero-order valence-electron chi connectivity index (χ0n) is 10.5. The number of unbranched alkanes of at least 4 members (excludes halogenated alkanes) is 1. The fourth-order valence-electron chi connectivity index (χ4n) is 2.14. The highest BCUT2D eigenvalue weighted by Crippen LogP contribution is 2.35. The van der Waals surface area contributed by atoms with Crippen molar-refractivity contribution in [3.8, 4) is 0 Å². The first-order valence-electron chi connectivity index (χ1n) is 6.43. The smallest absolute Gasteiger partial charge is 0.337 e. The van der Waals surface area contributed by atoms with Crippen LogP contribution >= 0.6 is 15.9 Å². The van der Waals surface area contributed by atoms with E-state index >= 15 is 0 Å². The van der Waals surface area contributed by atoms with E-state index in [4.69, 9.17) is 0 Å². The standard InChI is InChI=1S/C14H18BrNO2/c1-2-3-8-16(11-5-6-11)13-9-10(15)4-7-12(13)14(17)18/h4,7,9,11H,2-3,5-6,8H2,1H3,(H,17,18). The summed E-state index contributed by atoms with van der Waals surface area (Å²) in [6.45, 7) is 3.10. The average molecular weight is 312 g/mol. The Hall–Kier alpha value is -1.03. The van der Waals surface area contributed by atoms with E-state index in [-0.39, 0.29) is 0 Å². The van der Waals surface area contributed by atoms with Crippen LogP contribution in [0.5, 0.6) is 0 Å². The molecule has 0 saturated heterocycles. The molecule has 4 heteroatoms. The van der Waals surface area contributed by atoms with Gasteiger partial charge in [0.1, 0.15) is 0 Å². The van der Waals surface area contributed by atoms with Gasteiger partial charge in [-0.25, -0.2) is 4.79 Å². The van der Waals surface area contributed by atoms with Crippen LogP contribution in [-0.2, 0) is 0 Å². The maximum atomic E-state index is 11.3. The lowest BCUT2D eigenvalue weighted by molar-refractivity contribution is 0.0697. The number of benzene rings is 1. The summed E-state index contributed by atoms with van der Waals surface area (Å²) in [6.07, 6.45) is 4.58. The van der Waals surface area contributed by atoms with Gasteiger partial charge < -0.3 is 10.0 Å². The topological polar surface area (TPSA) is 40.5 Å². The summed E-state index contributed by atoms with van der Waals surface area (Å²) in [7, 11) is 0. The SMILES string of the molecule is CCCCN(c1cc(Br)ccc1C(=O)O)C1CC1. The number of halogens is 1. The minimum atomic E-state index is -0.848. The highest BCUT2D eigenvalue weighted by Gasteiger charge is 2.31. The molecule has 98 valence electrons. The van der Waals surface area contributed by atoms with Crippen LogP contribution in [0.25, 0.3) is 0 Å². The first-order chi connectivity index (χ1) is 8.63. The van der Waals surface area contributed by atoms with Gasteiger partial charge >= 0.3 is 5.97 Å². The van der Waals surface area contributed by atoms with Crippen LogP contribution in [0.4, 0.5) is 5.69 Å². The van der Waals surface area contributed by atoms with Crippen LogP contribution < -0.4 is 4.90 Å². The van der Waals surface area contributed by atoms with Gasteiger partial charge in [0.15, 0.2) is 0 Å². The molecule has 0 unspecified atom stereocenters. The molecule has 0 heterocycles. The second kappa shape index (κ2) is 5.74. The number of nitrogens with zero attached hydrogens (tertiary/aromatic N) is 1. The van der Waals surface area contributed by atoms with Gasteiger partial charge in [-0.05, 0) is 37.5 Å². The Morgan fingerprint density at radius 2 is 2.22 bits per heavy atom. The Bertz CT molecular complexity index is 443. The number of carboxylic acid groups (broad SMARTS) is 1. The largest absolute Gasteiger partial charge is 0.478 e. The van der Waals surface area contributed by atoms with Crippen LogP contribution in [0.2, 0.25) is 0 Å². The minimum absolute atomic E-state index is 0.404. The van der Waals surface area contributed by atoms with E-state index in [0.29, 0.717) is 11.6 Å². The lowest BCUT2D eigenvalue weighted by Gasteiger charge is -2.26. The Labute approximate surface area is 116 Å². The van der Waals surface area contributed by atoms with Crippen molar-refractivity contribution in [2.75, 3.05) is 11.4 Å². The summed E-state index contributed by atoms with van der Waals surface area (Å²) < 4.78 is 0.935. The van der Waals surface area contributed by atoms with E-state index in [1.165, 1.54) is 12.8 Å². The lowest BCUT2D eigenvalue weighted by Crippen LogP contribution is -2.28. The molecule has 3 nitrogen and oxygen atoms in total. The third-order valence-electron chi connectivity index (χ3n) is 3.24. The van der Waals surface area contributed by atoms with Gasteiger partial charge in [0.05, 0.1) is 11.3 Å². The van der Waals surface area contributed by atoms with E-state index in [9.17, 15) is 9.90 Å². The van der Waals surface area contributed by atoms with Crippen LogP contribution in [0.3, 0.4) is 0 Å². The summed E-state index contributed by atoms with van der Waals surface area (Å²) in [5.74, 6) is -0.848. The molecule has 0 atom stereocenters. The molecule has 1 aromatic carbocycles. The number of aromatic carboxylic acids is 1. The molecule has 1 aliphatic carbocycles. The van der Waals surface area contributed by atoms with Crippen LogP contribution in [0.1, 0.15) is 43.0 Å². The molecule has 0 bridgehead atoms. The molecule has 0 aliphatic heterocycles. The molecule has 0 aromatic heterocycles. The van der Waals surface area contributed by atoms with Crippen molar-refractivity contribution in [3.05, 3.63) is 28.2 Å². The summed E-state index contributed by atoms with van der Waals surface area (Å²) in [5, 5.41) is 9.29. The van der Waals surface area contributed by atoms with Gasteiger partial charge in [-0.2, -0.15) is 0 Å². The monoisotopic (exact) mass is 311 g/mol. The molecular formula is C14H18BrNO2. The predicted octanol–water partition coefficient (Wildman–Crippen LogP) is 3.92. The highest BCUT2D eigenvalue weighted by molar-refractivity contribution is 9.10. The number of rotatable bonds is 6. The normalized spacial score (nSPS) is 14.6. The third kappa shape index (κ3) is 3.05. The van der Waals surface area contributed by atoms with E-state index in [0.717, 1.165) is 29.5 Å². The minimum Gasteiger partial charge on any atom is -0.478 e. The summed E-state index contributed by atoms with van der Waals surface area (Å²) in [5.41, 5.74) is 1.26. The molecule has 1 saturated carbocycles. The first kappa shape index (κ1) is 13.4. The summed E-state index contributed by atoms with van der Waals surface area (Å²) in [6, 6.07) is 5.93. The number of carbonyl (C=O) groups is 1. The molecule has 1 fully saturated rings. The molecule has 1 N–H and O–H groups in total. The van der Waals surface area contributed by atoms with Crippen LogP contribution in [-0.4, -0.2) is 23.7 Å². The van der Waals surface area contributed by atoms with Crippen molar-refractivity contribution in [3.63, 3.8) is 0 Å². The molecule has 1 aliphatic rings. The molecule has 0 amide bonds. The van der Waals surface area contributed by atoms with Crippen molar-refractivity contribution in [1.29, 1.82) is 0 Å². The summed E-state index contributed by atoms with van der Waals surface area (Å²) in [4.78, 5) is 13.6. The number of hydrogen-bond donors (Lipinski definition) is 1. The zero-order valence-corrected chi connectivity index (χ0v) is 12.1.